The smallest absolute Gasteiger partial charge is 0.227 e. The molecule has 1 aliphatic carbocycles. The van der Waals surface area contributed by atoms with E-state index in [0.717, 1.165) is 56.2 Å². The molecule has 1 amide bonds. The minimum atomic E-state index is 0.213. The second-order valence-electron chi connectivity index (χ2n) is 7.50. The fraction of sp³-hybridized carbons (Fsp3) is 0.611. The quantitative estimate of drug-likeness (QED) is 0.835. The molecule has 1 unspecified atom stereocenters. The van der Waals surface area contributed by atoms with Crippen molar-refractivity contribution >= 4 is 11.6 Å². The molecule has 0 bridgehead atoms. The molecule has 2 aromatic heterocycles. The summed E-state index contributed by atoms with van der Waals surface area (Å²) in [7, 11) is 0. The van der Waals surface area contributed by atoms with Crippen molar-refractivity contribution in [3.05, 3.63) is 29.9 Å². The molecule has 0 spiro atoms. The largest absolute Gasteiger partial charge is 0.361 e. The summed E-state index contributed by atoms with van der Waals surface area (Å²) >= 11 is 0. The van der Waals surface area contributed by atoms with Crippen LogP contribution in [0.25, 0.3) is 0 Å². The molecule has 2 saturated heterocycles. The predicted octanol–water partition coefficient (Wildman–Crippen LogP) is 2.32. The molecule has 0 N–H and O–H groups in total. The Kier molecular flexibility index (Phi) is 3.62. The van der Waals surface area contributed by atoms with Crippen LogP contribution in [0.4, 0.5) is 5.69 Å². The van der Waals surface area contributed by atoms with Crippen LogP contribution in [0.2, 0.25) is 0 Å². The number of hydrogen-bond acceptors (Lipinski definition) is 5. The van der Waals surface area contributed by atoms with Gasteiger partial charge in [-0.15, -0.1) is 0 Å². The molecule has 2 aliphatic heterocycles. The maximum absolute atomic E-state index is 11.9. The Bertz CT molecular complexity index is 778. The standard InChI is InChI=1S/C18H23N5O2/c24-18-2-1-6-22(18)16-9-19-23(12-16)15-5-7-21(11-15)10-14-8-17(25-20-14)13-3-4-13/h8-9,12-13,15H,1-7,10-11H2. The van der Waals surface area contributed by atoms with Crippen LogP contribution < -0.4 is 4.90 Å². The first-order chi connectivity index (χ1) is 12.3. The van der Waals surface area contributed by atoms with Crippen LogP contribution in [0.3, 0.4) is 0 Å². The molecule has 7 heteroatoms. The SMILES string of the molecule is O=C1CCCN1c1cnn(C2CCN(Cc3cc(C4CC4)on3)C2)c1. The second-order valence-corrected chi connectivity index (χ2v) is 7.50. The highest BCUT2D eigenvalue weighted by Gasteiger charge is 2.30. The van der Waals surface area contributed by atoms with Crippen molar-refractivity contribution in [3.8, 4) is 0 Å². The lowest BCUT2D eigenvalue weighted by Crippen LogP contribution is -2.23. The zero-order valence-electron chi connectivity index (χ0n) is 14.3. The topological polar surface area (TPSA) is 67.4 Å². The van der Waals surface area contributed by atoms with Gasteiger partial charge in [-0.05, 0) is 25.7 Å². The molecule has 4 heterocycles. The summed E-state index contributed by atoms with van der Waals surface area (Å²) in [5.41, 5.74) is 1.97. The van der Waals surface area contributed by atoms with Crippen molar-refractivity contribution in [2.75, 3.05) is 24.5 Å². The summed E-state index contributed by atoms with van der Waals surface area (Å²) in [6.45, 7) is 3.65. The number of aromatic nitrogens is 3. The molecule has 3 aliphatic rings. The number of carbonyl (C=O) groups is 1. The monoisotopic (exact) mass is 341 g/mol. The minimum absolute atomic E-state index is 0.213. The van der Waals surface area contributed by atoms with Crippen molar-refractivity contribution in [2.45, 2.75) is 50.6 Å². The number of carbonyl (C=O) groups excluding carboxylic acids is 1. The Labute approximate surface area is 146 Å². The molecule has 0 aromatic carbocycles. The van der Waals surface area contributed by atoms with Crippen molar-refractivity contribution in [3.63, 3.8) is 0 Å². The van der Waals surface area contributed by atoms with Gasteiger partial charge in [0.25, 0.3) is 0 Å². The van der Waals surface area contributed by atoms with Crippen LogP contribution >= 0.6 is 0 Å². The fourth-order valence-corrected chi connectivity index (χ4v) is 3.95. The van der Waals surface area contributed by atoms with Crippen molar-refractivity contribution in [1.82, 2.24) is 19.8 Å². The van der Waals surface area contributed by atoms with Gasteiger partial charge in [0.2, 0.25) is 5.91 Å². The molecule has 5 rings (SSSR count). The third kappa shape index (κ3) is 2.97. The van der Waals surface area contributed by atoms with Gasteiger partial charge >= 0.3 is 0 Å². The molecule has 132 valence electrons. The van der Waals surface area contributed by atoms with Gasteiger partial charge in [-0.25, -0.2) is 0 Å². The van der Waals surface area contributed by atoms with Crippen molar-refractivity contribution in [1.29, 1.82) is 0 Å². The zero-order valence-corrected chi connectivity index (χ0v) is 14.3. The number of amides is 1. The van der Waals surface area contributed by atoms with Gasteiger partial charge in [-0.3, -0.25) is 14.4 Å². The Morgan fingerprint density at radius 1 is 1.24 bits per heavy atom. The summed E-state index contributed by atoms with van der Waals surface area (Å²) in [4.78, 5) is 16.1. The van der Waals surface area contributed by atoms with Crippen molar-refractivity contribution in [2.24, 2.45) is 0 Å². The van der Waals surface area contributed by atoms with E-state index in [-0.39, 0.29) is 5.91 Å². The molecule has 7 nitrogen and oxygen atoms in total. The van der Waals surface area contributed by atoms with Crippen LogP contribution in [-0.2, 0) is 11.3 Å². The first-order valence-electron chi connectivity index (χ1n) is 9.28. The normalized spacial score (nSPS) is 24.6. The molecule has 25 heavy (non-hydrogen) atoms. The molecule has 1 atom stereocenters. The van der Waals surface area contributed by atoms with Gasteiger partial charge in [0.15, 0.2) is 0 Å². The molecule has 1 saturated carbocycles. The summed E-state index contributed by atoms with van der Waals surface area (Å²) < 4.78 is 7.48. The Morgan fingerprint density at radius 2 is 2.16 bits per heavy atom. The van der Waals surface area contributed by atoms with Gasteiger partial charge < -0.3 is 9.42 Å². The van der Waals surface area contributed by atoms with Gasteiger partial charge in [-0.2, -0.15) is 5.10 Å². The molecular formula is C18H23N5O2. The van der Waals surface area contributed by atoms with Gasteiger partial charge in [-0.1, -0.05) is 5.16 Å². The van der Waals surface area contributed by atoms with E-state index in [2.05, 4.69) is 21.2 Å². The fourth-order valence-electron chi connectivity index (χ4n) is 3.95. The third-order valence-corrected chi connectivity index (χ3v) is 5.54. The molecule has 2 aromatic rings. The highest BCUT2D eigenvalue weighted by Crippen LogP contribution is 2.40. The van der Waals surface area contributed by atoms with E-state index in [9.17, 15) is 4.79 Å². The summed E-state index contributed by atoms with van der Waals surface area (Å²) in [6, 6.07) is 2.48. The highest BCUT2D eigenvalue weighted by atomic mass is 16.5. The van der Waals surface area contributed by atoms with Crippen LogP contribution in [-0.4, -0.2) is 45.4 Å². The Hall–Kier alpha value is -2.15. The summed E-state index contributed by atoms with van der Waals surface area (Å²) in [6.07, 6.45) is 9.00. The first-order valence-corrected chi connectivity index (χ1v) is 9.28. The van der Waals surface area contributed by atoms with Gasteiger partial charge in [0.05, 0.1) is 23.6 Å². The highest BCUT2D eigenvalue weighted by molar-refractivity contribution is 5.95. The van der Waals surface area contributed by atoms with Crippen LogP contribution in [0.15, 0.2) is 23.0 Å². The predicted molar refractivity (Wildman–Crippen MR) is 91.2 cm³/mol. The Morgan fingerprint density at radius 3 is 2.96 bits per heavy atom. The summed E-state index contributed by atoms with van der Waals surface area (Å²) in [5.74, 6) is 1.88. The average molecular weight is 341 g/mol. The van der Waals surface area contributed by atoms with E-state index >= 15 is 0 Å². The molecule has 3 fully saturated rings. The minimum Gasteiger partial charge on any atom is -0.361 e. The van der Waals surface area contributed by atoms with E-state index in [0.29, 0.717) is 18.4 Å². The number of anilines is 1. The maximum Gasteiger partial charge on any atom is 0.227 e. The lowest BCUT2D eigenvalue weighted by molar-refractivity contribution is -0.117. The summed E-state index contributed by atoms with van der Waals surface area (Å²) in [5, 5.41) is 8.74. The Balaban J connectivity index is 1.21. The lowest BCUT2D eigenvalue weighted by atomic mass is 10.2. The van der Waals surface area contributed by atoms with Gasteiger partial charge in [0, 0.05) is 50.8 Å². The van der Waals surface area contributed by atoms with E-state index in [1.807, 2.05) is 22.0 Å². The zero-order chi connectivity index (χ0) is 16.8. The van der Waals surface area contributed by atoms with Crippen LogP contribution in [0.1, 0.15) is 55.5 Å². The second kappa shape index (κ2) is 5.98. The molecule has 0 radical (unpaired) electrons. The van der Waals surface area contributed by atoms with E-state index in [1.54, 1.807) is 0 Å². The van der Waals surface area contributed by atoms with E-state index < -0.39 is 0 Å². The third-order valence-electron chi connectivity index (χ3n) is 5.54. The number of rotatable bonds is 5. The first kappa shape index (κ1) is 15.1. The number of likely N-dealkylation sites (tertiary alicyclic amines) is 1. The van der Waals surface area contributed by atoms with Crippen LogP contribution in [0, 0.1) is 0 Å². The number of nitrogens with zero attached hydrogens (tertiary/aromatic N) is 5. The maximum atomic E-state index is 11.9. The number of hydrogen-bond donors (Lipinski definition) is 0. The van der Waals surface area contributed by atoms with E-state index in [1.165, 1.54) is 12.8 Å². The lowest BCUT2D eigenvalue weighted by Gasteiger charge is -2.15. The van der Waals surface area contributed by atoms with Crippen molar-refractivity contribution < 1.29 is 9.32 Å². The van der Waals surface area contributed by atoms with Crippen LogP contribution in [0.5, 0.6) is 0 Å². The molecular weight excluding hydrogens is 318 g/mol. The average Bonchev–Trinajstić information content (AvgIpc) is 3.07. The van der Waals surface area contributed by atoms with E-state index in [4.69, 9.17) is 4.52 Å². The van der Waals surface area contributed by atoms with Gasteiger partial charge in [0.1, 0.15) is 5.76 Å².